The van der Waals surface area contributed by atoms with E-state index in [2.05, 4.69) is 20.3 Å². The number of nitrogens with two attached hydrogens (primary N) is 1. The third-order valence-corrected chi connectivity index (χ3v) is 5.77. The van der Waals surface area contributed by atoms with Crippen LogP contribution in [0.1, 0.15) is 17.0 Å². The molecular weight excluding hydrogens is 399 g/mol. The Bertz CT molecular complexity index is 1140. The summed E-state index contributed by atoms with van der Waals surface area (Å²) < 4.78 is 20.2. The van der Waals surface area contributed by atoms with Crippen LogP contribution in [-0.2, 0) is 6.42 Å². The number of hydrogen-bond acceptors (Lipinski definition) is 8. The lowest BCUT2D eigenvalue weighted by molar-refractivity contribution is 0.180. The first-order chi connectivity index (χ1) is 14.9. The molecule has 3 aromatic rings. The quantitative estimate of drug-likeness (QED) is 0.459. The van der Waals surface area contributed by atoms with E-state index in [1.54, 1.807) is 19.3 Å². The highest BCUT2D eigenvalue weighted by Crippen LogP contribution is 2.45. The molecule has 0 amide bonds. The van der Waals surface area contributed by atoms with Crippen molar-refractivity contribution in [3.63, 3.8) is 0 Å². The number of aromatic nitrogens is 3. The Kier molecular flexibility index (Phi) is 4.71. The maximum absolute atomic E-state index is 14.3. The van der Waals surface area contributed by atoms with Crippen LogP contribution in [0, 0.1) is 12.7 Å². The van der Waals surface area contributed by atoms with E-state index in [1.165, 1.54) is 12.1 Å². The molecular formula is C22H23FN6O2. The standard InChI is InChI=1S/C22H23FN6O2/c1-11-3-4-13(8-26-11)31-22-27-18-7-14-15(5-12(23)6-17(14)25-2)20(18)21(28-22)29-9-16(24)19(30)10-29/h3-6,8,16,19,25,30H,7,9-10,24H2,1-2H3/t16-,19?/m0/s1. The molecule has 2 aliphatic rings. The summed E-state index contributed by atoms with van der Waals surface area (Å²) in [7, 11) is 1.76. The maximum atomic E-state index is 14.3. The monoisotopic (exact) mass is 422 g/mol. The number of benzene rings is 1. The van der Waals surface area contributed by atoms with Crippen molar-refractivity contribution in [3.8, 4) is 22.9 Å². The van der Waals surface area contributed by atoms with Gasteiger partial charge in [0, 0.05) is 49.5 Å². The van der Waals surface area contributed by atoms with E-state index < -0.39 is 12.1 Å². The number of aliphatic hydroxyl groups is 1. The first-order valence-electron chi connectivity index (χ1n) is 10.1. The third kappa shape index (κ3) is 3.45. The molecule has 4 N–H and O–H groups in total. The Labute approximate surface area is 178 Å². The number of β-amino-alcohol motifs (C(OH)–C–C–N with tert-alkyl or cyclic N) is 1. The molecule has 160 valence electrons. The summed E-state index contributed by atoms with van der Waals surface area (Å²) >= 11 is 0. The predicted molar refractivity (Wildman–Crippen MR) is 115 cm³/mol. The van der Waals surface area contributed by atoms with Gasteiger partial charge < -0.3 is 25.8 Å². The van der Waals surface area contributed by atoms with Crippen molar-refractivity contribution in [2.75, 3.05) is 30.4 Å². The zero-order valence-electron chi connectivity index (χ0n) is 17.3. The molecule has 1 aromatic carbocycles. The number of aliphatic hydroxyl groups excluding tert-OH is 1. The van der Waals surface area contributed by atoms with Gasteiger partial charge in [-0.15, -0.1) is 0 Å². The Hall–Kier alpha value is -3.30. The maximum Gasteiger partial charge on any atom is 0.324 e. The second-order valence-corrected chi connectivity index (χ2v) is 7.93. The van der Waals surface area contributed by atoms with Gasteiger partial charge in [-0.3, -0.25) is 4.98 Å². The number of ether oxygens (including phenoxy) is 1. The second kappa shape index (κ2) is 7.44. The number of rotatable bonds is 4. The molecule has 1 aliphatic carbocycles. The van der Waals surface area contributed by atoms with Crippen LogP contribution in [0.3, 0.4) is 0 Å². The minimum atomic E-state index is -0.669. The molecule has 9 heteroatoms. The van der Waals surface area contributed by atoms with Gasteiger partial charge in [0.2, 0.25) is 0 Å². The summed E-state index contributed by atoms with van der Waals surface area (Å²) in [5.74, 6) is 0.761. The molecule has 1 saturated heterocycles. The smallest absolute Gasteiger partial charge is 0.324 e. The number of nitrogens with one attached hydrogen (secondary N) is 1. The molecule has 8 nitrogen and oxygen atoms in total. The van der Waals surface area contributed by atoms with E-state index in [-0.39, 0.29) is 11.8 Å². The number of nitrogens with zero attached hydrogens (tertiary/aromatic N) is 4. The molecule has 0 saturated carbocycles. The van der Waals surface area contributed by atoms with Gasteiger partial charge in [-0.2, -0.15) is 9.97 Å². The molecule has 1 unspecified atom stereocenters. The number of halogens is 1. The number of anilines is 2. The average molecular weight is 422 g/mol. The number of fused-ring (bicyclic) bond motifs is 3. The van der Waals surface area contributed by atoms with Gasteiger partial charge in [-0.05, 0) is 42.3 Å². The molecule has 31 heavy (non-hydrogen) atoms. The van der Waals surface area contributed by atoms with Crippen molar-refractivity contribution >= 4 is 11.5 Å². The lowest BCUT2D eigenvalue weighted by Gasteiger charge is -2.21. The van der Waals surface area contributed by atoms with Gasteiger partial charge in [-0.25, -0.2) is 4.39 Å². The lowest BCUT2D eigenvalue weighted by Crippen LogP contribution is -2.32. The van der Waals surface area contributed by atoms with Crippen molar-refractivity contribution < 1.29 is 14.2 Å². The van der Waals surface area contributed by atoms with Gasteiger partial charge >= 0.3 is 6.01 Å². The third-order valence-electron chi connectivity index (χ3n) is 5.77. The summed E-state index contributed by atoms with van der Waals surface area (Å²) in [6.45, 7) is 2.66. The van der Waals surface area contributed by atoms with Crippen LogP contribution in [0.15, 0.2) is 30.5 Å². The minimum Gasteiger partial charge on any atom is -0.423 e. The zero-order chi connectivity index (χ0) is 21.7. The van der Waals surface area contributed by atoms with E-state index in [4.69, 9.17) is 10.5 Å². The van der Waals surface area contributed by atoms with Crippen LogP contribution in [0.5, 0.6) is 11.8 Å². The number of hydrogen-bond donors (Lipinski definition) is 3. The van der Waals surface area contributed by atoms with E-state index in [9.17, 15) is 9.50 Å². The van der Waals surface area contributed by atoms with Crippen LogP contribution in [-0.4, -0.2) is 52.3 Å². The van der Waals surface area contributed by atoms with E-state index in [0.29, 0.717) is 36.8 Å². The Morgan fingerprint density at radius 2 is 2.10 bits per heavy atom. The molecule has 0 radical (unpaired) electrons. The first kappa shape index (κ1) is 19.7. The molecule has 2 aromatic heterocycles. The SMILES string of the molecule is CNc1cc(F)cc2c1Cc1nc(Oc3ccc(C)nc3)nc(N3CC(O)[C@@H](N)C3)c1-2. The second-order valence-electron chi connectivity index (χ2n) is 7.93. The van der Waals surface area contributed by atoms with Gasteiger partial charge in [0.25, 0.3) is 0 Å². The average Bonchev–Trinajstić information content (AvgIpc) is 3.28. The highest BCUT2D eigenvalue weighted by atomic mass is 19.1. The first-order valence-corrected chi connectivity index (χ1v) is 10.1. The Balaban J connectivity index is 1.63. The number of aryl methyl sites for hydroxylation is 1. The fourth-order valence-corrected chi connectivity index (χ4v) is 4.20. The van der Waals surface area contributed by atoms with Crippen molar-refractivity contribution in [1.29, 1.82) is 0 Å². The fourth-order valence-electron chi connectivity index (χ4n) is 4.20. The summed E-state index contributed by atoms with van der Waals surface area (Å²) in [6.07, 6.45) is 1.46. The number of pyridine rings is 1. The van der Waals surface area contributed by atoms with Crippen molar-refractivity contribution in [3.05, 3.63) is 53.2 Å². The minimum absolute atomic E-state index is 0.175. The van der Waals surface area contributed by atoms with E-state index >= 15 is 0 Å². The summed E-state index contributed by atoms with van der Waals surface area (Å²) in [4.78, 5) is 15.4. The fraction of sp³-hybridized carbons (Fsp3) is 0.318. The molecule has 0 bridgehead atoms. The van der Waals surface area contributed by atoms with Gasteiger partial charge in [0.15, 0.2) is 0 Å². The van der Waals surface area contributed by atoms with Crippen LogP contribution in [0.2, 0.25) is 0 Å². The van der Waals surface area contributed by atoms with Crippen LogP contribution >= 0.6 is 0 Å². The summed E-state index contributed by atoms with van der Waals surface area (Å²) in [6, 6.07) is 6.41. The van der Waals surface area contributed by atoms with Crippen LogP contribution in [0.25, 0.3) is 11.1 Å². The molecule has 1 fully saturated rings. The predicted octanol–water partition coefficient (Wildman–Crippen LogP) is 2.23. The van der Waals surface area contributed by atoms with Crippen molar-refractivity contribution in [2.45, 2.75) is 25.5 Å². The van der Waals surface area contributed by atoms with Gasteiger partial charge in [-0.1, -0.05) is 0 Å². The van der Waals surface area contributed by atoms with E-state index in [0.717, 1.165) is 28.1 Å². The summed E-state index contributed by atoms with van der Waals surface area (Å²) in [5, 5.41) is 13.3. The lowest BCUT2D eigenvalue weighted by atomic mass is 10.0. The van der Waals surface area contributed by atoms with Gasteiger partial charge in [0.1, 0.15) is 17.4 Å². The van der Waals surface area contributed by atoms with Crippen molar-refractivity contribution in [1.82, 2.24) is 15.0 Å². The highest BCUT2D eigenvalue weighted by molar-refractivity contribution is 5.88. The van der Waals surface area contributed by atoms with Crippen molar-refractivity contribution in [2.24, 2.45) is 5.73 Å². The summed E-state index contributed by atoms with van der Waals surface area (Å²) in [5.41, 5.74) is 10.8. The highest BCUT2D eigenvalue weighted by Gasteiger charge is 2.35. The molecule has 5 rings (SSSR count). The van der Waals surface area contributed by atoms with Crippen LogP contribution < -0.4 is 20.7 Å². The largest absolute Gasteiger partial charge is 0.423 e. The molecule has 2 atom stereocenters. The Morgan fingerprint density at radius 1 is 1.26 bits per heavy atom. The van der Waals surface area contributed by atoms with Gasteiger partial charge in [0.05, 0.1) is 18.0 Å². The zero-order valence-corrected chi connectivity index (χ0v) is 17.3. The van der Waals surface area contributed by atoms with Crippen LogP contribution in [0.4, 0.5) is 15.9 Å². The molecule has 3 heterocycles. The molecule has 1 aliphatic heterocycles. The Morgan fingerprint density at radius 3 is 2.77 bits per heavy atom. The topological polar surface area (TPSA) is 109 Å². The van der Waals surface area contributed by atoms with E-state index in [1.807, 2.05) is 17.9 Å². The molecule has 0 spiro atoms. The normalized spacial score (nSPS) is 19.3.